The summed E-state index contributed by atoms with van der Waals surface area (Å²) in [7, 11) is 1.60. The van der Waals surface area contributed by atoms with E-state index in [1.807, 2.05) is 17.0 Å². The number of unbranched alkanes of at least 4 members (excludes halogenated alkanes) is 1. The molecule has 0 radical (unpaired) electrons. The lowest BCUT2D eigenvalue weighted by atomic mass is 9.93. The van der Waals surface area contributed by atoms with E-state index in [9.17, 15) is 9.59 Å². The molecule has 0 spiro atoms. The van der Waals surface area contributed by atoms with Crippen molar-refractivity contribution in [3.8, 4) is 0 Å². The molecular formula is C20H31N3O3. The number of nitrogens with zero attached hydrogens (tertiary/aromatic N) is 2. The summed E-state index contributed by atoms with van der Waals surface area (Å²) in [5.74, 6) is -0.0197. The number of hydrogen-bond acceptors (Lipinski definition) is 3. The summed E-state index contributed by atoms with van der Waals surface area (Å²) in [6.07, 6.45) is 2.80. The maximum Gasteiger partial charge on any atom is 0.317 e. The Morgan fingerprint density at radius 3 is 2.85 bits per heavy atom. The minimum Gasteiger partial charge on any atom is -0.383 e. The molecule has 1 heterocycles. The number of methoxy groups -OCH3 is 1. The maximum atomic E-state index is 12.9. The highest BCUT2D eigenvalue weighted by Crippen LogP contribution is 2.29. The third-order valence-corrected chi connectivity index (χ3v) is 4.90. The first-order chi connectivity index (χ1) is 12.6. The van der Waals surface area contributed by atoms with Gasteiger partial charge in [0.1, 0.15) is 6.54 Å². The highest BCUT2D eigenvalue weighted by Gasteiger charge is 2.29. The van der Waals surface area contributed by atoms with Crippen LogP contribution in [0, 0.1) is 0 Å². The fourth-order valence-electron chi connectivity index (χ4n) is 3.30. The number of ether oxygens (including phenoxy) is 1. The Morgan fingerprint density at radius 1 is 1.35 bits per heavy atom. The van der Waals surface area contributed by atoms with Gasteiger partial charge in [-0.1, -0.05) is 37.6 Å². The summed E-state index contributed by atoms with van der Waals surface area (Å²) in [5.41, 5.74) is 2.50. The van der Waals surface area contributed by atoms with Gasteiger partial charge < -0.3 is 19.9 Å². The molecule has 2 rings (SSSR count). The van der Waals surface area contributed by atoms with Crippen LogP contribution in [0.3, 0.4) is 0 Å². The molecule has 1 unspecified atom stereocenters. The highest BCUT2D eigenvalue weighted by molar-refractivity contribution is 5.84. The largest absolute Gasteiger partial charge is 0.383 e. The van der Waals surface area contributed by atoms with Crippen molar-refractivity contribution < 1.29 is 14.3 Å². The van der Waals surface area contributed by atoms with Gasteiger partial charge in [-0.3, -0.25) is 4.79 Å². The zero-order valence-electron chi connectivity index (χ0n) is 16.2. The molecule has 3 amide bonds. The molecule has 1 aromatic rings. The summed E-state index contributed by atoms with van der Waals surface area (Å²) < 4.78 is 5.10. The molecular weight excluding hydrogens is 330 g/mol. The molecule has 1 N–H and O–H groups in total. The van der Waals surface area contributed by atoms with E-state index in [-0.39, 0.29) is 24.5 Å². The van der Waals surface area contributed by atoms with Crippen molar-refractivity contribution in [2.45, 2.75) is 39.2 Å². The van der Waals surface area contributed by atoms with Gasteiger partial charge in [-0.25, -0.2) is 4.79 Å². The second-order valence-corrected chi connectivity index (χ2v) is 6.71. The molecule has 1 aromatic carbocycles. The van der Waals surface area contributed by atoms with Crippen molar-refractivity contribution in [1.82, 2.24) is 15.1 Å². The first kappa shape index (κ1) is 20.2. The number of hydrogen-bond donors (Lipinski definition) is 1. The molecule has 6 nitrogen and oxygen atoms in total. The predicted molar refractivity (Wildman–Crippen MR) is 102 cm³/mol. The van der Waals surface area contributed by atoms with Gasteiger partial charge in [-0.15, -0.1) is 0 Å². The van der Waals surface area contributed by atoms with Crippen LogP contribution in [-0.2, 0) is 16.0 Å². The van der Waals surface area contributed by atoms with Gasteiger partial charge in [0, 0.05) is 26.7 Å². The van der Waals surface area contributed by atoms with Gasteiger partial charge in [0.25, 0.3) is 0 Å². The summed E-state index contributed by atoms with van der Waals surface area (Å²) in [6.45, 7) is 6.33. The van der Waals surface area contributed by atoms with E-state index in [0.717, 1.165) is 19.3 Å². The first-order valence-corrected chi connectivity index (χ1v) is 9.47. The molecule has 144 valence electrons. The van der Waals surface area contributed by atoms with Crippen LogP contribution in [0.15, 0.2) is 24.3 Å². The quantitative estimate of drug-likeness (QED) is 0.724. The maximum absolute atomic E-state index is 12.9. The van der Waals surface area contributed by atoms with Crippen LogP contribution in [-0.4, -0.2) is 61.6 Å². The lowest BCUT2D eigenvalue weighted by molar-refractivity contribution is -0.134. The Labute approximate surface area is 156 Å². The minimum atomic E-state index is -0.200. The zero-order chi connectivity index (χ0) is 18.9. The average Bonchev–Trinajstić information content (AvgIpc) is 2.65. The molecule has 6 heteroatoms. The van der Waals surface area contributed by atoms with Gasteiger partial charge in [0.15, 0.2) is 0 Å². The van der Waals surface area contributed by atoms with Crippen LogP contribution in [0.1, 0.15) is 43.9 Å². The predicted octanol–water partition coefficient (Wildman–Crippen LogP) is 2.59. The van der Waals surface area contributed by atoms with E-state index in [0.29, 0.717) is 26.2 Å². The molecule has 1 atom stereocenters. The van der Waals surface area contributed by atoms with Crippen molar-refractivity contribution in [1.29, 1.82) is 0 Å². The summed E-state index contributed by atoms with van der Waals surface area (Å²) >= 11 is 0. The third kappa shape index (κ3) is 5.21. The SMILES string of the molecule is CCCCNC(=O)N(CCOC)CC(=O)N1CCc2ccccc2C1C. The standard InChI is InChI=1S/C20H31N3O3/c1-4-5-11-21-20(25)22(13-14-26-3)15-19(24)23-12-10-17-8-6-7-9-18(17)16(23)2/h6-9,16H,4-5,10-15H2,1-3H3,(H,21,25). The Kier molecular flexibility index (Phi) is 7.91. The Balaban J connectivity index is 2.00. The van der Waals surface area contributed by atoms with Crippen LogP contribution in [0.2, 0.25) is 0 Å². The summed E-state index contributed by atoms with van der Waals surface area (Å²) in [6, 6.07) is 8.08. The lowest BCUT2D eigenvalue weighted by Gasteiger charge is -2.36. The van der Waals surface area contributed by atoms with Crippen LogP contribution < -0.4 is 5.32 Å². The molecule has 26 heavy (non-hydrogen) atoms. The third-order valence-electron chi connectivity index (χ3n) is 4.90. The van der Waals surface area contributed by atoms with Crippen LogP contribution in [0.4, 0.5) is 4.79 Å². The Bertz CT molecular complexity index is 606. The number of benzene rings is 1. The molecule has 0 aliphatic carbocycles. The highest BCUT2D eigenvalue weighted by atomic mass is 16.5. The van der Waals surface area contributed by atoms with Gasteiger partial charge in [-0.05, 0) is 30.9 Å². The van der Waals surface area contributed by atoms with E-state index in [1.165, 1.54) is 11.1 Å². The van der Waals surface area contributed by atoms with E-state index >= 15 is 0 Å². The van der Waals surface area contributed by atoms with E-state index in [2.05, 4.69) is 31.3 Å². The second-order valence-electron chi connectivity index (χ2n) is 6.71. The van der Waals surface area contributed by atoms with Crippen molar-refractivity contribution >= 4 is 11.9 Å². The molecule has 0 fully saturated rings. The molecule has 0 aromatic heterocycles. The van der Waals surface area contributed by atoms with Gasteiger partial charge in [-0.2, -0.15) is 0 Å². The number of nitrogens with one attached hydrogen (secondary N) is 1. The fraction of sp³-hybridized carbons (Fsp3) is 0.600. The number of amides is 3. The first-order valence-electron chi connectivity index (χ1n) is 9.47. The second kappa shape index (κ2) is 10.2. The van der Waals surface area contributed by atoms with Gasteiger partial charge in [0.2, 0.25) is 5.91 Å². The monoisotopic (exact) mass is 361 g/mol. The lowest BCUT2D eigenvalue weighted by Crippen LogP contribution is -2.49. The fourth-order valence-corrected chi connectivity index (χ4v) is 3.30. The molecule has 0 bridgehead atoms. The topological polar surface area (TPSA) is 61.9 Å². The smallest absolute Gasteiger partial charge is 0.317 e. The van der Waals surface area contributed by atoms with Crippen LogP contribution >= 0.6 is 0 Å². The van der Waals surface area contributed by atoms with Crippen molar-refractivity contribution in [2.24, 2.45) is 0 Å². The Hall–Kier alpha value is -2.08. The van der Waals surface area contributed by atoms with Crippen LogP contribution in [0.25, 0.3) is 0 Å². The normalized spacial score (nSPS) is 16.1. The number of rotatable bonds is 8. The number of carbonyl (C=O) groups excluding carboxylic acids is 2. The van der Waals surface area contributed by atoms with E-state index in [4.69, 9.17) is 4.74 Å². The number of carbonyl (C=O) groups is 2. The molecule has 1 aliphatic heterocycles. The molecule has 1 aliphatic rings. The van der Waals surface area contributed by atoms with Gasteiger partial charge in [0.05, 0.1) is 12.6 Å². The number of urea groups is 1. The Morgan fingerprint density at radius 2 is 2.12 bits per heavy atom. The minimum absolute atomic E-state index is 0.0197. The molecule has 0 saturated carbocycles. The average molecular weight is 361 g/mol. The van der Waals surface area contributed by atoms with E-state index in [1.54, 1.807) is 12.0 Å². The zero-order valence-corrected chi connectivity index (χ0v) is 16.2. The molecule has 0 saturated heterocycles. The summed E-state index contributed by atoms with van der Waals surface area (Å²) in [5, 5.41) is 2.89. The van der Waals surface area contributed by atoms with Crippen molar-refractivity contribution in [3.63, 3.8) is 0 Å². The van der Waals surface area contributed by atoms with Gasteiger partial charge >= 0.3 is 6.03 Å². The number of fused-ring (bicyclic) bond motifs is 1. The van der Waals surface area contributed by atoms with E-state index < -0.39 is 0 Å². The summed E-state index contributed by atoms with van der Waals surface area (Å²) in [4.78, 5) is 28.7. The van der Waals surface area contributed by atoms with Crippen molar-refractivity contribution in [3.05, 3.63) is 35.4 Å². The van der Waals surface area contributed by atoms with Crippen LogP contribution in [0.5, 0.6) is 0 Å². The van der Waals surface area contributed by atoms with Crippen molar-refractivity contribution in [2.75, 3.05) is 39.9 Å².